The molecule has 0 spiro atoms. The van der Waals surface area contributed by atoms with Crippen LogP contribution in [-0.4, -0.2) is 37.1 Å². The van der Waals surface area contributed by atoms with Crippen LogP contribution in [0, 0.1) is 11.3 Å². The third-order valence-corrected chi connectivity index (χ3v) is 5.04. The Kier molecular flexibility index (Phi) is 4.57. The summed E-state index contributed by atoms with van der Waals surface area (Å²) in [6, 6.07) is 13.3. The second-order valence-electron chi connectivity index (χ2n) is 6.52. The molecule has 0 atom stereocenters. The van der Waals surface area contributed by atoms with Gasteiger partial charge in [0.05, 0.1) is 11.5 Å². The fraction of sp³-hybridized carbons (Fsp3) is 0.611. The second kappa shape index (κ2) is 6.60. The minimum atomic E-state index is -0.246. The lowest BCUT2D eigenvalue weighted by molar-refractivity contribution is 0.196. The minimum Gasteiger partial charge on any atom is -0.313 e. The van der Waals surface area contributed by atoms with Crippen LogP contribution in [0.4, 0.5) is 0 Å². The highest BCUT2D eigenvalue weighted by molar-refractivity contribution is 5.36. The van der Waals surface area contributed by atoms with Crippen molar-refractivity contribution in [3.05, 3.63) is 35.9 Å². The molecule has 1 aliphatic heterocycles. The third-order valence-electron chi connectivity index (χ3n) is 5.04. The summed E-state index contributed by atoms with van der Waals surface area (Å²) >= 11 is 0. The van der Waals surface area contributed by atoms with Gasteiger partial charge in [-0.2, -0.15) is 5.26 Å². The van der Waals surface area contributed by atoms with Gasteiger partial charge in [0, 0.05) is 19.1 Å². The highest BCUT2D eigenvalue weighted by Gasteiger charge is 2.45. The van der Waals surface area contributed by atoms with E-state index in [0.29, 0.717) is 6.04 Å². The number of nitrogens with zero attached hydrogens (tertiary/aromatic N) is 2. The molecule has 2 fully saturated rings. The van der Waals surface area contributed by atoms with Crippen LogP contribution in [0.2, 0.25) is 0 Å². The first kappa shape index (κ1) is 14.6. The van der Waals surface area contributed by atoms with Crippen LogP contribution < -0.4 is 5.32 Å². The molecule has 0 radical (unpaired) electrons. The SMILES string of the molecule is N#CC1(c2ccccc2)CC(NCCN2CCCCC2)C1. The lowest BCUT2D eigenvalue weighted by Crippen LogP contribution is -2.52. The van der Waals surface area contributed by atoms with Crippen LogP contribution in [0.25, 0.3) is 0 Å². The van der Waals surface area contributed by atoms with E-state index >= 15 is 0 Å². The van der Waals surface area contributed by atoms with Crippen molar-refractivity contribution >= 4 is 0 Å². The van der Waals surface area contributed by atoms with E-state index in [2.05, 4.69) is 28.4 Å². The van der Waals surface area contributed by atoms with Crippen LogP contribution in [0.3, 0.4) is 0 Å². The summed E-state index contributed by atoms with van der Waals surface area (Å²) in [6.45, 7) is 4.74. The molecule has 1 N–H and O–H groups in total. The van der Waals surface area contributed by atoms with E-state index in [1.165, 1.54) is 37.9 Å². The Balaban J connectivity index is 1.43. The maximum Gasteiger partial charge on any atom is 0.0852 e. The summed E-state index contributed by atoms with van der Waals surface area (Å²) in [5.41, 5.74) is 0.936. The van der Waals surface area contributed by atoms with E-state index in [4.69, 9.17) is 0 Å². The molecular formula is C18H25N3. The lowest BCUT2D eigenvalue weighted by atomic mass is 9.62. The molecule has 2 aliphatic rings. The number of benzene rings is 1. The Morgan fingerprint density at radius 3 is 2.52 bits per heavy atom. The Bertz CT molecular complexity index is 479. The quantitative estimate of drug-likeness (QED) is 0.903. The Hall–Kier alpha value is -1.37. The number of rotatable bonds is 5. The predicted molar refractivity (Wildman–Crippen MR) is 85.0 cm³/mol. The molecule has 112 valence electrons. The highest BCUT2D eigenvalue weighted by Crippen LogP contribution is 2.43. The van der Waals surface area contributed by atoms with Crippen LogP contribution in [0.5, 0.6) is 0 Å². The van der Waals surface area contributed by atoms with Crippen LogP contribution in [0.1, 0.15) is 37.7 Å². The average molecular weight is 283 g/mol. The number of hydrogen-bond acceptors (Lipinski definition) is 3. The normalized spacial score (nSPS) is 29.6. The Labute approximate surface area is 128 Å². The van der Waals surface area contributed by atoms with Gasteiger partial charge in [0.25, 0.3) is 0 Å². The summed E-state index contributed by atoms with van der Waals surface area (Å²) in [5, 5.41) is 13.2. The number of likely N-dealkylation sites (tertiary alicyclic amines) is 1. The largest absolute Gasteiger partial charge is 0.313 e. The highest BCUT2D eigenvalue weighted by atomic mass is 15.1. The van der Waals surface area contributed by atoms with Crippen molar-refractivity contribution < 1.29 is 0 Å². The first-order chi connectivity index (χ1) is 10.3. The van der Waals surface area contributed by atoms with E-state index in [1.54, 1.807) is 0 Å². The molecule has 1 heterocycles. The van der Waals surface area contributed by atoms with Crippen LogP contribution in [0.15, 0.2) is 30.3 Å². The molecule has 0 bridgehead atoms. The number of nitriles is 1. The average Bonchev–Trinajstić information content (AvgIpc) is 2.52. The molecular weight excluding hydrogens is 258 g/mol. The number of hydrogen-bond donors (Lipinski definition) is 1. The second-order valence-corrected chi connectivity index (χ2v) is 6.52. The van der Waals surface area contributed by atoms with Crippen molar-refractivity contribution in [2.24, 2.45) is 0 Å². The van der Waals surface area contributed by atoms with Crippen molar-refractivity contribution in [3.63, 3.8) is 0 Å². The van der Waals surface area contributed by atoms with Crippen molar-refractivity contribution in [3.8, 4) is 6.07 Å². The van der Waals surface area contributed by atoms with E-state index < -0.39 is 0 Å². The summed E-state index contributed by atoms with van der Waals surface area (Å²) in [6.07, 6.45) is 6.01. The first-order valence-electron chi connectivity index (χ1n) is 8.25. The zero-order chi connectivity index (χ0) is 14.5. The van der Waals surface area contributed by atoms with Crippen molar-refractivity contribution in [2.45, 2.75) is 43.6 Å². The van der Waals surface area contributed by atoms with Gasteiger partial charge in [0.15, 0.2) is 0 Å². The molecule has 1 aromatic rings. The lowest BCUT2D eigenvalue weighted by Gasteiger charge is -2.43. The van der Waals surface area contributed by atoms with Gasteiger partial charge in [-0.05, 0) is 44.3 Å². The molecule has 0 unspecified atom stereocenters. The fourth-order valence-electron chi connectivity index (χ4n) is 3.68. The molecule has 3 nitrogen and oxygen atoms in total. The Morgan fingerprint density at radius 2 is 1.86 bits per heavy atom. The number of piperidine rings is 1. The minimum absolute atomic E-state index is 0.246. The van der Waals surface area contributed by atoms with E-state index in [9.17, 15) is 5.26 Å². The maximum absolute atomic E-state index is 9.55. The van der Waals surface area contributed by atoms with Gasteiger partial charge < -0.3 is 10.2 Å². The topological polar surface area (TPSA) is 39.1 Å². The molecule has 3 heteroatoms. The Morgan fingerprint density at radius 1 is 1.14 bits per heavy atom. The smallest absolute Gasteiger partial charge is 0.0852 e. The molecule has 0 amide bonds. The van der Waals surface area contributed by atoms with Gasteiger partial charge in [-0.1, -0.05) is 36.8 Å². The van der Waals surface area contributed by atoms with Gasteiger partial charge in [-0.15, -0.1) is 0 Å². The van der Waals surface area contributed by atoms with Crippen LogP contribution in [-0.2, 0) is 5.41 Å². The third kappa shape index (κ3) is 3.28. The van der Waals surface area contributed by atoms with Crippen LogP contribution >= 0.6 is 0 Å². The predicted octanol–water partition coefficient (Wildman–Crippen LogP) is 2.69. The molecule has 1 saturated heterocycles. The van der Waals surface area contributed by atoms with Gasteiger partial charge in [0.2, 0.25) is 0 Å². The van der Waals surface area contributed by atoms with E-state index in [1.807, 2.05) is 18.2 Å². The van der Waals surface area contributed by atoms with Gasteiger partial charge in [0.1, 0.15) is 0 Å². The van der Waals surface area contributed by atoms with E-state index in [0.717, 1.165) is 25.9 Å². The van der Waals surface area contributed by atoms with Crippen molar-refractivity contribution in [1.29, 1.82) is 5.26 Å². The summed E-state index contributed by atoms with van der Waals surface area (Å²) in [5.74, 6) is 0. The zero-order valence-electron chi connectivity index (χ0n) is 12.7. The van der Waals surface area contributed by atoms with Gasteiger partial charge in [-0.3, -0.25) is 0 Å². The fourth-order valence-corrected chi connectivity index (χ4v) is 3.68. The molecule has 3 rings (SSSR count). The number of nitrogens with one attached hydrogen (secondary N) is 1. The molecule has 1 saturated carbocycles. The summed E-state index contributed by atoms with van der Waals surface area (Å²) in [7, 11) is 0. The van der Waals surface area contributed by atoms with Crippen molar-refractivity contribution in [1.82, 2.24) is 10.2 Å². The summed E-state index contributed by atoms with van der Waals surface area (Å²) in [4.78, 5) is 2.56. The van der Waals surface area contributed by atoms with E-state index in [-0.39, 0.29) is 5.41 Å². The molecule has 1 aromatic carbocycles. The van der Waals surface area contributed by atoms with Gasteiger partial charge in [-0.25, -0.2) is 0 Å². The summed E-state index contributed by atoms with van der Waals surface area (Å²) < 4.78 is 0. The first-order valence-corrected chi connectivity index (χ1v) is 8.25. The monoisotopic (exact) mass is 283 g/mol. The maximum atomic E-state index is 9.55. The standard InChI is InChI=1S/C18H25N3/c19-15-18(16-7-3-1-4-8-16)13-17(14-18)20-9-12-21-10-5-2-6-11-21/h1,3-4,7-8,17,20H,2,5-6,9-14H2. The molecule has 0 aromatic heterocycles. The van der Waals surface area contributed by atoms with Crippen molar-refractivity contribution in [2.75, 3.05) is 26.2 Å². The zero-order valence-corrected chi connectivity index (χ0v) is 12.7. The molecule has 1 aliphatic carbocycles. The van der Waals surface area contributed by atoms with Gasteiger partial charge >= 0.3 is 0 Å². The molecule has 21 heavy (non-hydrogen) atoms.